The van der Waals surface area contributed by atoms with Gasteiger partial charge in [-0.2, -0.15) is 0 Å². The Labute approximate surface area is 78.6 Å². The maximum absolute atomic E-state index is 9.57. The molecule has 0 atom stereocenters. The van der Waals surface area contributed by atoms with Crippen LogP contribution in [-0.2, 0) is 0 Å². The Morgan fingerprint density at radius 2 is 2.23 bits per heavy atom. The molecule has 0 saturated heterocycles. The number of para-hydroxylation sites is 1. The zero-order valence-corrected chi connectivity index (χ0v) is 7.89. The number of nitrogens with one attached hydrogen (secondary N) is 1. The quantitative estimate of drug-likeness (QED) is 0.630. The van der Waals surface area contributed by atoms with E-state index in [4.69, 9.17) is 0 Å². The molecule has 0 aliphatic rings. The molecule has 0 spiro atoms. The molecule has 2 nitrogen and oxygen atoms in total. The summed E-state index contributed by atoms with van der Waals surface area (Å²) in [5, 5.41) is 12.5. The van der Waals surface area contributed by atoms with Crippen LogP contribution in [0.4, 0.5) is 0 Å². The summed E-state index contributed by atoms with van der Waals surface area (Å²) in [7, 11) is 1.84. The Balaban J connectivity index is 2.91. The third kappa shape index (κ3) is 2.50. The lowest BCUT2D eigenvalue weighted by molar-refractivity contribution is 0.469. The molecule has 1 aromatic rings. The molecule has 2 heteroatoms. The maximum Gasteiger partial charge on any atom is 0.134 e. The van der Waals surface area contributed by atoms with Crippen molar-refractivity contribution in [3.8, 4) is 17.6 Å². The van der Waals surface area contributed by atoms with Crippen LogP contribution in [0.15, 0.2) is 18.2 Å². The Morgan fingerprint density at radius 3 is 2.92 bits per heavy atom. The van der Waals surface area contributed by atoms with E-state index in [1.165, 1.54) is 0 Å². The second kappa shape index (κ2) is 4.54. The highest BCUT2D eigenvalue weighted by atomic mass is 16.3. The number of rotatable bonds is 1. The van der Waals surface area contributed by atoms with Crippen LogP contribution in [0.2, 0.25) is 0 Å². The summed E-state index contributed by atoms with van der Waals surface area (Å²) in [4.78, 5) is 0. The molecule has 0 bridgehead atoms. The molecule has 0 aromatic heterocycles. The summed E-state index contributed by atoms with van der Waals surface area (Å²) < 4.78 is 0. The fraction of sp³-hybridized carbons (Fsp3) is 0.273. The normalized spacial score (nSPS) is 9.08. The number of phenols is 1. The van der Waals surface area contributed by atoms with Crippen molar-refractivity contribution in [1.29, 1.82) is 0 Å². The zero-order valence-electron chi connectivity index (χ0n) is 7.89. The molecule has 0 aliphatic carbocycles. The lowest BCUT2D eigenvalue weighted by Gasteiger charge is -1.99. The van der Waals surface area contributed by atoms with E-state index < -0.39 is 0 Å². The molecule has 0 heterocycles. The van der Waals surface area contributed by atoms with Crippen molar-refractivity contribution in [2.24, 2.45) is 0 Å². The van der Waals surface area contributed by atoms with Crippen molar-refractivity contribution in [2.75, 3.05) is 13.6 Å². The lowest BCUT2D eigenvalue weighted by atomic mass is 10.1. The second-order valence-electron chi connectivity index (χ2n) is 2.80. The molecule has 0 unspecified atom stereocenters. The van der Waals surface area contributed by atoms with Gasteiger partial charge >= 0.3 is 0 Å². The van der Waals surface area contributed by atoms with Gasteiger partial charge in [0, 0.05) is 0 Å². The first-order chi connectivity index (χ1) is 6.25. The maximum atomic E-state index is 9.57. The van der Waals surface area contributed by atoms with Gasteiger partial charge in [0.25, 0.3) is 0 Å². The third-order valence-corrected chi connectivity index (χ3v) is 1.73. The average molecular weight is 175 g/mol. The zero-order chi connectivity index (χ0) is 9.68. The van der Waals surface area contributed by atoms with E-state index in [9.17, 15) is 5.11 Å². The van der Waals surface area contributed by atoms with Crippen LogP contribution in [0.25, 0.3) is 0 Å². The van der Waals surface area contributed by atoms with Gasteiger partial charge in [0.15, 0.2) is 0 Å². The monoisotopic (exact) mass is 175 g/mol. The number of phenolic OH excluding ortho intramolecular Hbond substituents is 1. The van der Waals surface area contributed by atoms with Crippen LogP contribution in [0.3, 0.4) is 0 Å². The first-order valence-electron chi connectivity index (χ1n) is 4.17. The number of aryl methyl sites for hydroxylation is 1. The fourth-order valence-corrected chi connectivity index (χ4v) is 0.988. The molecule has 68 valence electrons. The van der Waals surface area contributed by atoms with E-state index >= 15 is 0 Å². The van der Waals surface area contributed by atoms with Crippen LogP contribution in [0, 0.1) is 18.8 Å². The minimum absolute atomic E-state index is 0.283. The van der Waals surface area contributed by atoms with E-state index in [-0.39, 0.29) is 5.75 Å². The predicted molar refractivity (Wildman–Crippen MR) is 53.6 cm³/mol. The van der Waals surface area contributed by atoms with Gasteiger partial charge in [-0.1, -0.05) is 24.0 Å². The Kier molecular flexibility index (Phi) is 3.36. The Morgan fingerprint density at radius 1 is 1.46 bits per heavy atom. The van der Waals surface area contributed by atoms with Gasteiger partial charge in [0.05, 0.1) is 12.1 Å². The first-order valence-corrected chi connectivity index (χ1v) is 4.17. The predicted octanol–water partition coefficient (Wildman–Crippen LogP) is 1.27. The van der Waals surface area contributed by atoms with Crippen LogP contribution in [-0.4, -0.2) is 18.7 Å². The van der Waals surface area contributed by atoms with Crippen molar-refractivity contribution in [3.63, 3.8) is 0 Å². The van der Waals surface area contributed by atoms with E-state index in [2.05, 4.69) is 17.2 Å². The average Bonchev–Trinajstić information content (AvgIpc) is 2.13. The van der Waals surface area contributed by atoms with Crippen molar-refractivity contribution < 1.29 is 5.11 Å². The van der Waals surface area contributed by atoms with Gasteiger partial charge in [-0.05, 0) is 25.6 Å². The molecule has 0 aliphatic heterocycles. The van der Waals surface area contributed by atoms with Crippen molar-refractivity contribution in [1.82, 2.24) is 5.32 Å². The van der Waals surface area contributed by atoms with E-state index in [0.717, 1.165) is 5.56 Å². The molecule has 0 radical (unpaired) electrons. The molecule has 13 heavy (non-hydrogen) atoms. The summed E-state index contributed by atoms with van der Waals surface area (Å²) in [6.45, 7) is 2.49. The van der Waals surface area contributed by atoms with Crippen LogP contribution < -0.4 is 5.32 Å². The van der Waals surface area contributed by atoms with Gasteiger partial charge in [0.2, 0.25) is 0 Å². The van der Waals surface area contributed by atoms with Crippen LogP contribution in [0.1, 0.15) is 11.1 Å². The van der Waals surface area contributed by atoms with Gasteiger partial charge in [-0.3, -0.25) is 0 Å². The fourth-order valence-electron chi connectivity index (χ4n) is 0.988. The second-order valence-corrected chi connectivity index (χ2v) is 2.80. The van der Waals surface area contributed by atoms with Gasteiger partial charge in [0.1, 0.15) is 5.75 Å². The van der Waals surface area contributed by atoms with Crippen LogP contribution >= 0.6 is 0 Å². The highest BCUT2D eigenvalue weighted by Crippen LogP contribution is 2.19. The van der Waals surface area contributed by atoms with Crippen LogP contribution in [0.5, 0.6) is 5.75 Å². The van der Waals surface area contributed by atoms with Crippen molar-refractivity contribution in [3.05, 3.63) is 29.3 Å². The van der Waals surface area contributed by atoms with Gasteiger partial charge in [-0.15, -0.1) is 0 Å². The van der Waals surface area contributed by atoms with E-state index in [0.29, 0.717) is 12.1 Å². The smallest absolute Gasteiger partial charge is 0.134 e. The van der Waals surface area contributed by atoms with E-state index in [1.54, 1.807) is 0 Å². The number of benzene rings is 1. The van der Waals surface area contributed by atoms with Crippen molar-refractivity contribution in [2.45, 2.75) is 6.92 Å². The third-order valence-electron chi connectivity index (χ3n) is 1.73. The molecule has 0 saturated carbocycles. The number of hydrogen-bond acceptors (Lipinski definition) is 2. The minimum Gasteiger partial charge on any atom is -0.506 e. The summed E-state index contributed by atoms with van der Waals surface area (Å²) in [5.74, 6) is 6.07. The molecule has 1 aromatic carbocycles. The topological polar surface area (TPSA) is 32.3 Å². The summed E-state index contributed by atoms with van der Waals surface area (Å²) >= 11 is 0. The molecule has 2 N–H and O–H groups in total. The molecular formula is C11H13NO. The summed E-state index contributed by atoms with van der Waals surface area (Å²) in [6, 6.07) is 5.56. The van der Waals surface area contributed by atoms with Gasteiger partial charge < -0.3 is 10.4 Å². The molecule has 0 fully saturated rings. The highest BCUT2D eigenvalue weighted by Gasteiger charge is 1.98. The highest BCUT2D eigenvalue weighted by molar-refractivity contribution is 5.49. The number of hydrogen-bond donors (Lipinski definition) is 2. The first kappa shape index (κ1) is 9.63. The standard InChI is InChI=1S/C11H13NO/c1-9-5-3-6-10(11(9)13)7-4-8-12-2/h3,5-6,12-13H,8H2,1-2H3. The van der Waals surface area contributed by atoms with Gasteiger partial charge in [-0.25, -0.2) is 0 Å². The lowest BCUT2D eigenvalue weighted by Crippen LogP contribution is -2.04. The Hall–Kier alpha value is -1.46. The number of aromatic hydroxyl groups is 1. The molecule has 0 amide bonds. The SMILES string of the molecule is CNCC#Cc1cccc(C)c1O. The molecule has 1 rings (SSSR count). The minimum atomic E-state index is 0.283. The van der Waals surface area contributed by atoms with Crippen molar-refractivity contribution >= 4 is 0 Å². The largest absolute Gasteiger partial charge is 0.506 e. The Bertz CT molecular complexity index is 347. The summed E-state index contributed by atoms with van der Waals surface area (Å²) in [5.41, 5.74) is 1.55. The summed E-state index contributed by atoms with van der Waals surface area (Å²) in [6.07, 6.45) is 0. The molecular weight excluding hydrogens is 162 g/mol. The van der Waals surface area contributed by atoms with E-state index in [1.807, 2.05) is 32.2 Å².